The van der Waals surface area contributed by atoms with Gasteiger partial charge in [0.05, 0.1) is 18.9 Å². The summed E-state index contributed by atoms with van der Waals surface area (Å²) in [5.74, 6) is 0.401. The van der Waals surface area contributed by atoms with Crippen molar-refractivity contribution < 1.29 is 23.3 Å². The zero-order chi connectivity index (χ0) is 20.9. The number of hydrogen-bond donors (Lipinski definition) is 2. The number of rotatable bonds is 10. The number of fused-ring (bicyclic) bond motifs is 3. The van der Waals surface area contributed by atoms with Gasteiger partial charge in [-0.3, -0.25) is 5.10 Å². The van der Waals surface area contributed by atoms with E-state index in [1.807, 2.05) is 6.07 Å². The molecule has 0 fully saturated rings. The summed E-state index contributed by atoms with van der Waals surface area (Å²) in [4.78, 5) is 0. The Labute approximate surface area is 174 Å². The predicted molar refractivity (Wildman–Crippen MR) is 110 cm³/mol. The van der Waals surface area contributed by atoms with E-state index in [2.05, 4.69) is 27.6 Å². The van der Waals surface area contributed by atoms with Gasteiger partial charge in [-0.05, 0) is 41.0 Å². The zero-order valence-corrected chi connectivity index (χ0v) is 17.0. The van der Waals surface area contributed by atoms with Gasteiger partial charge >= 0.3 is 0 Å². The van der Waals surface area contributed by atoms with Crippen LogP contribution in [0.4, 0.5) is 15.9 Å². The van der Waals surface area contributed by atoms with Crippen molar-refractivity contribution in [3.05, 3.63) is 64.5 Å². The van der Waals surface area contributed by atoms with Crippen molar-refractivity contribution in [2.45, 2.75) is 19.6 Å². The van der Waals surface area contributed by atoms with E-state index >= 15 is 0 Å². The monoisotopic (exact) mass is 413 g/mol. The number of nitrogens with zero attached hydrogens (tertiary/aromatic N) is 1. The van der Waals surface area contributed by atoms with Gasteiger partial charge in [0, 0.05) is 37.5 Å². The summed E-state index contributed by atoms with van der Waals surface area (Å²) in [6.45, 7) is 1.27. The molecule has 4 rings (SSSR count). The highest BCUT2D eigenvalue weighted by molar-refractivity contribution is 5.80. The maximum absolute atomic E-state index is 13.5. The molecule has 3 aromatic rings. The summed E-state index contributed by atoms with van der Waals surface area (Å²) >= 11 is 0. The van der Waals surface area contributed by atoms with Gasteiger partial charge < -0.3 is 24.3 Å². The second-order valence-electron chi connectivity index (χ2n) is 7.03. The fraction of sp³-hybridized carbons (Fsp3) is 0.318. The van der Waals surface area contributed by atoms with E-state index in [-0.39, 0.29) is 19.4 Å². The fourth-order valence-corrected chi connectivity index (χ4v) is 3.61. The minimum Gasteiger partial charge on any atom is -0.359 e. The molecule has 30 heavy (non-hydrogen) atoms. The summed E-state index contributed by atoms with van der Waals surface area (Å²) in [6, 6.07) is 10.6. The second kappa shape index (κ2) is 9.36. The van der Waals surface area contributed by atoms with Crippen LogP contribution in [0.3, 0.4) is 0 Å². The number of aromatic nitrogens is 2. The molecular formula is C22H24FN3O4. The molecule has 0 saturated heterocycles. The van der Waals surface area contributed by atoms with Crippen LogP contribution in [0.15, 0.2) is 36.4 Å². The number of benzene rings is 2. The summed E-state index contributed by atoms with van der Waals surface area (Å²) in [6.07, 6.45) is 0.718. The highest BCUT2D eigenvalue weighted by Crippen LogP contribution is 2.41. The minimum absolute atomic E-state index is 0.215. The van der Waals surface area contributed by atoms with Crippen LogP contribution in [-0.2, 0) is 38.6 Å². The van der Waals surface area contributed by atoms with Crippen molar-refractivity contribution >= 4 is 11.5 Å². The van der Waals surface area contributed by atoms with Crippen LogP contribution in [0.25, 0.3) is 11.3 Å². The van der Waals surface area contributed by atoms with Crippen molar-refractivity contribution in [1.29, 1.82) is 0 Å². The highest BCUT2D eigenvalue weighted by Gasteiger charge is 2.26. The molecule has 1 aromatic heterocycles. The maximum atomic E-state index is 13.5. The van der Waals surface area contributed by atoms with E-state index < -0.39 is 0 Å². The van der Waals surface area contributed by atoms with Crippen molar-refractivity contribution in [2.24, 2.45) is 0 Å². The van der Waals surface area contributed by atoms with Crippen molar-refractivity contribution in [2.75, 3.05) is 33.1 Å². The molecule has 8 heteroatoms. The Hall–Kier alpha value is -2.78. The molecule has 1 aliphatic rings. The third-order valence-electron chi connectivity index (χ3n) is 4.93. The Kier molecular flexibility index (Phi) is 6.39. The van der Waals surface area contributed by atoms with Gasteiger partial charge in [-0.25, -0.2) is 4.39 Å². The number of hydrogen-bond acceptors (Lipinski definition) is 6. The lowest BCUT2D eigenvalue weighted by Gasteiger charge is -2.13. The van der Waals surface area contributed by atoms with E-state index in [1.165, 1.54) is 17.7 Å². The molecule has 1 aliphatic carbocycles. The van der Waals surface area contributed by atoms with Gasteiger partial charge in [0.25, 0.3) is 0 Å². The van der Waals surface area contributed by atoms with Gasteiger partial charge in [-0.1, -0.05) is 12.1 Å². The fourth-order valence-electron chi connectivity index (χ4n) is 3.61. The maximum Gasteiger partial charge on any atom is 0.156 e. The van der Waals surface area contributed by atoms with E-state index in [1.54, 1.807) is 20.3 Å². The molecule has 0 bridgehead atoms. The van der Waals surface area contributed by atoms with Gasteiger partial charge in [0.15, 0.2) is 5.82 Å². The Morgan fingerprint density at radius 1 is 1.03 bits per heavy atom. The lowest BCUT2D eigenvalue weighted by molar-refractivity contribution is -0.0455. The van der Waals surface area contributed by atoms with E-state index in [4.69, 9.17) is 18.9 Å². The van der Waals surface area contributed by atoms with Gasteiger partial charge in [0.1, 0.15) is 19.4 Å². The molecule has 2 N–H and O–H groups in total. The summed E-state index contributed by atoms with van der Waals surface area (Å²) < 4.78 is 34.7. The number of ether oxygens (including phenoxy) is 4. The first-order valence-corrected chi connectivity index (χ1v) is 9.58. The number of methoxy groups -OCH3 is 2. The van der Waals surface area contributed by atoms with E-state index in [0.717, 1.165) is 34.4 Å². The molecule has 0 aliphatic heterocycles. The van der Waals surface area contributed by atoms with Crippen molar-refractivity contribution in [3.8, 4) is 11.3 Å². The third-order valence-corrected chi connectivity index (χ3v) is 4.93. The average Bonchev–Trinajstić information content (AvgIpc) is 3.28. The quantitative estimate of drug-likeness (QED) is 0.301. The van der Waals surface area contributed by atoms with Gasteiger partial charge in [-0.2, -0.15) is 5.10 Å². The van der Waals surface area contributed by atoms with E-state index in [0.29, 0.717) is 24.7 Å². The number of halogens is 1. The number of nitrogens with one attached hydrogen (secondary N) is 2. The van der Waals surface area contributed by atoms with Crippen LogP contribution in [0.5, 0.6) is 0 Å². The van der Waals surface area contributed by atoms with Crippen LogP contribution >= 0.6 is 0 Å². The highest BCUT2D eigenvalue weighted by atomic mass is 19.1. The Morgan fingerprint density at radius 2 is 1.77 bits per heavy atom. The first-order chi connectivity index (χ1) is 14.7. The molecule has 0 saturated carbocycles. The second-order valence-corrected chi connectivity index (χ2v) is 7.03. The molecule has 0 radical (unpaired) electrons. The SMILES string of the molecule is COCOCc1cc2c(cc1COCOC)-c1[nH]nc(Nc3cccc(F)c3)c1C2. The molecule has 0 atom stereocenters. The molecule has 1 heterocycles. The lowest BCUT2D eigenvalue weighted by atomic mass is 10.00. The number of aromatic amines is 1. The minimum atomic E-state index is -0.295. The van der Waals surface area contributed by atoms with Gasteiger partial charge in [-0.15, -0.1) is 0 Å². The van der Waals surface area contributed by atoms with Crippen LogP contribution in [-0.4, -0.2) is 38.0 Å². The molecule has 158 valence electrons. The molecule has 0 spiro atoms. The summed E-state index contributed by atoms with van der Waals surface area (Å²) in [7, 11) is 3.19. The standard InChI is InChI=1S/C22H24FN3O4/c1-27-12-29-10-15-6-14-7-20-21(19(14)8-16(15)11-30-13-28-2)25-26-22(20)24-18-5-3-4-17(23)9-18/h3-6,8-9H,7,10-13H2,1-2H3,(H2,24,25,26). The first kappa shape index (κ1) is 20.5. The van der Waals surface area contributed by atoms with E-state index in [9.17, 15) is 4.39 Å². The molecule has 0 unspecified atom stereocenters. The Bertz CT molecular complexity index is 1020. The normalized spacial score (nSPS) is 12.1. The third kappa shape index (κ3) is 4.36. The summed E-state index contributed by atoms with van der Waals surface area (Å²) in [5, 5.41) is 10.7. The zero-order valence-electron chi connectivity index (χ0n) is 17.0. The largest absolute Gasteiger partial charge is 0.359 e. The smallest absolute Gasteiger partial charge is 0.156 e. The Morgan fingerprint density at radius 3 is 2.47 bits per heavy atom. The first-order valence-electron chi connectivity index (χ1n) is 9.58. The molecule has 2 aromatic carbocycles. The Balaban J connectivity index is 1.60. The molecular weight excluding hydrogens is 389 g/mol. The van der Waals surface area contributed by atoms with Crippen molar-refractivity contribution in [3.63, 3.8) is 0 Å². The van der Waals surface area contributed by atoms with Gasteiger partial charge in [0.2, 0.25) is 0 Å². The van der Waals surface area contributed by atoms with Crippen LogP contribution in [0.1, 0.15) is 22.3 Å². The average molecular weight is 413 g/mol. The van der Waals surface area contributed by atoms with Crippen LogP contribution in [0.2, 0.25) is 0 Å². The molecule has 7 nitrogen and oxygen atoms in total. The lowest BCUT2D eigenvalue weighted by Crippen LogP contribution is -2.05. The number of anilines is 2. The van der Waals surface area contributed by atoms with Crippen molar-refractivity contribution in [1.82, 2.24) is 10.2 Å². The molecule has 0 amide bonds. The number of H-pyrrole nitrogens is 1. The predicted octanol–water partition coefficient (Wildman–Crippen LogP) is 4.10. The summed E-state index contributed by atoms with van der Waals surface area (Å²) in [5.41, 5.74) is 6.98. The van der Waals surface area contributed by atoms with Crippen LogP contribution in [0, 0.1) is 5.82 Å². The van der Waals surface area contributed by atoms with Crippen LogP contribution < -0.4 is 5.32 Å². The topological polar surface area (TPSA) is 77.6 Å².